The number of aromatic amines is 1. The van der Waals surface area contributed by atoms with E-state index in [-0.39, 0.29) is 0 Å². The van der Waals surface area contributed by atoms with Gasteiger partial charge in [-0.05, 0) is 47.9 Å². The minimum atomic E-state index is 0.706. The molecule has 0 saturated carbocycles. The highest BCUT2D eigenvalue weighted by Gasteiger charge is 2.17. The van der Waals surface area contributed by atoms with Crippen LogP contribution in [-0.4, -0.2) is 18.1 Å². The van der Waals surface area contributed by atoms with Gasteiger partial charge >= 0.3 is 0 Å². The molecule has 0 fully saturated rings. The fourth-order valence-corrected chi connectivity index (χ4v) is 3.41. The average molecular weight is 287 g/mol. The Bertz CT molecular complexity index is 883. The topological polar surface area (TPSA) is 51.6 Å². The second-order valence-electron chi connectivity index (χ2n) is 5.75. The molecule has 0 radical (unpaired) electrons. The molecule has 2 aromatic carbocycles. The van der Waals surface area contributed by atoms with Crippen LogP contribution in [0, 0.1) is 11.3 Å². The quantitative estimate of drug-likeness (QED) is 0.720. The Balaban J connectivity index is 1.98. The van der Waals surface area contributed by atoms with Crippen LogP contribution in [0.5, 0.6) is 0 Å². The third-order valence-electron chi connectivity index (χ3n) is 4.42. The third kappa shape index (κ3) is 2.09. The van der Waals surface area contributed by atoms with Crippen molar-refractivity contribution in [3.05, 3.63) is 59.3 Å². The Hall–Kier alpha value is -2.57. The van der Waals surface area contributed by atoms with Crippen molar-refractivity contribution in [1.29, 1.82) is 5.26 Å². The summed E-state index contributed by atoms with van der Waals surface area (Å²) in [4.78, 5) is 3.59. The number of hydrogen-bond donors (Lipinski definition) is 2. The first-order chi connectivity index (χ1) is 10.9. The van der Waals surface area contributed by atoms with Gasteiger partial charge in [0.15, 0.2) is 0 Å². The summed E-state index contributed by atoms with van der Waals surface area (Å²) in [6.45, 7) is 2.05. The molecule has 0 aliphatic carbocycles. The molecule has 4 rings (SSSR count). The standard InChI is InChI=1S/C19H17N3/c20-12-13-3-1-4-14(11-13)15-5-2-6-18-19(15)16-7-9-21-10-8-17(16)22-18/h1-6,11,21-22H,7-10H2. The molecule has 3 heteroatoms. The van der Waals surface area contributed by atoms with Gasteiger partial charge in [-0.2, -0.15) is 5.26 Å². The summed E-state index contributed by atoms with van der Waals surface area (Å²) >= 11 is 0. The molecular formula is C19H17N3. The van der Waals surface area contributed by atoms with E-state index in [1.165, 1.54) is 27.7 Å². The van der Waals surface area contributed by atoms with Gasteiger partial charge in [-0.3, -0.25) is 0 Å². The zero-order valence-electron chi connectivity index (χ0n) is 12.3. The van der Waals surface area contributed by atoms with E-state index in [2.05, 4.69) is 40.6 Å². The fraction of sp³-hybridized carbons (Fsp3) is 0.211. The molecule has 3 aromatic rings. The summed E-state index contributed by atoms with van der Waals surface area (Å²) in [5.41, 5.74) is 7.02. The first kappa shape index (κ1) is 13.1. The second-order valence-corrected chi connectivity index (χ2v) is 5.75. The number of nitriles is 1. The highest BCUT2D eigenvalue weighted by Crippen LogP contribution is 2.34. The summed E-state index contributed by atoms with van der Waals surface area (Å²) in [6.07, 6.45) is 2.09. The Morgan fingerprint density at radius 2 is 1.86 bits per heavy atom. The maximum absolute atomic E-state index is 9.15. The van der Waals surface area contributed by atoms with Crippen LogP contribution >= 0.6 is 0 Å². The first-order valence-corrected chi connectivity index (χ1v) is 7.70. The lowest BCUT2D eigenvalue weighted by Crippen LogP contribution is -2.16. The number of nitrogens with one attached hydrogen (secondary N) is 2. The van der Waals surface area contributed by atoms with Crippen LogP contribution in [0.3, 0.4) is 0 Å². The van der Waals surface area contributed by atoms with Crippen molar-refractivity contribution < 1.29 is 0 Å². The van der Waals surface area contributed by atoms with E-state index >= 15 is 0 Å². The molecule has 0 amide bonds. The predicted octanol–water partition coefficient (Wildman–Crippen LogP) is 3.39. The zero-order chi connectivity index (χ0) is 14.9. The van der Waals surface area contributed by atoms with E-state index in [1.807, 2.05) is 18.2 Å². The second kappa shape index (κ2) is 5.32. The van der Waals surface area contributed by atoms with Crippen LogP contribution in [0.25, 0.3) is 22.0 Å². The zero-order valence-corrected chi connectivity index (χ0v) is 12.3. The molecule has 22 heavy (non-hydrogen) atoms. The summed E-state index contributed by atoms with van der Waals surface area (Å²) in [7, 11) is 0. The first-order valence-electron chi connectivity index (χ1n) is 7.70. The van der Waals surface area contributed by atoms with Gasteiger partial charge in [-0.15, -0.1) is 0 Å². The Morgan fingerprint density at radius 1 is 1.00 bits per heavy atom. The van der Waals surface area contributed by atoms with E-state index < -0.39 is 0 Å². The number of rotatable bonds is 1. The van der Waals surface area contributed by atoms with Crippen LogP contribution in [-0.2, 0) is 12.8 Å². The van der Waals surface area contributed by atoms with E-state index in [4.69, 9.17) is 5.26 Å². The van der Waals surface area contributed by atoms with E-state index in [1.54, 1.807) is 0 Å². The van der Waals surface area contributed by atoms with Crippen LogP contribution in [0.1, 0.15) is 16.8 Å². The Labute approximate surface area is 129 Å². The van der Waals surface area contributed by atoms with Crippen molar-refractivity contribution in [1.82, 2.24) is 10.3 Å². The summed E-state index contributed by atoms with van der Waals surface area (Å²) < 4.78 is 0. The van der Waals surface area contributed by atoms with E-state index in [9.17, 15) is 0 Å². The lowest BCUT2D eigenvalue weighted by molar-refractivity contribution is 0.708. The monoisotopic (exact) mass is 287 g/mol. The molecule has 0 atom stereocenters. The van der Waals surface area contributed by atoms with Gasteiger partial charge in [0, 0.05) is 29.6 Å². The van der Waals surface area contributed by atoms with Crippen LogP contribution < -0.4 is 5.32 Å². The van der Waals surface area contributed by atoms with Crippen molar-refractivity contribution in [3.63, 3.8) is 0 Å². The fourth-order valence-electron chi connectivity index (χ4n) is 3.41. The molecule has 3 nitrogen and oxygen atoms in total. The molecule has 108 valence electrons. The SMILES string of the molecule is N#Cc1cccc(-c2cccc3[nH]c4c(c23)CCNCC4)c1. The molecule has 1 aliphatic heterocycles. The van der Waals surface area contributed by atoms with Crippen LogP contribution in [0.2, 0.25) is 0 Å². The molecular weight excluding hydrogens is 270 g/mol. The van der Waals surface area contributed by atoms with Gasteiger partial charge in [0.05, 0.1) is 11.6 Å². The van der Waals surface area contributed by atoms with Crippen LogP contribution in [0.4, 0.5) is 0 Å². The third-order valence-corrected chi connectivity index (χ3v) is 4.42. The smallest absolute Gasteiger partial charge is 0.0991 e. The van der Waals surface area contributed by atoms with E-state index in [0.29, 0.717) is 5.56 Å². The molecule has 1 aromatic heterocycles. The molecule has 2 heterocycles. The lowest BCUT2D eigenvalue weighted by atomic mass is 9.96. The Morgan fingerprint density at radius 3 is 2.77 bits per heavy atom. The van der Waals surface area contributed by atoms with Gasteiger partial charge in [-0.1, -0.05) is 24.3 Å². The largest absolute Gasteiger partial charge is 0.358 e. The molecule has 1 aliphatic rings. The van der Waals surface area contributed by atoms with Crippen molar-refractivity contribution in [2.75, 3.05) is 13.1 Å². The minimum Gasteiger partial charge on any atom is -0.358 e. The molecule has 0 saturated heterocycles. The normalized spacial score (nSPS) is 14.3. The maximum Gasteiger partial charge on any atom is 0.0991 e. The van der Waals surface area contributed by atoms with Crippen LogP contribution in [0.15, 0.2) is 42.5 Å². The van der Waals surface area contributed by atoms with Gasteiger partial charge in [-0.25, -0.2) is 0 Å². The molecule has 0 bridgehead atoms. The number of nitrogens with zero attached hydrogens (tertiary/aromatic N) is 1. The molecule has 0 unspecified atom stereocenters. The van der Waals surface area contributed by atoms with E-state index in [0.717, 1.165) is 31.5 Å². The van der Waals surface area contributed by atoms with Crippen molar-refractivity contribution in [3.8, 4) is 17.2 Å². The van der Waals surface area contributed by atoms with Crippen molar-refractivity contribution in [2.45, 2.75) is 12.8 Å². The number of aromatic nitrogens is 1. The van der Waals surface area contributed by atoms with Gasteiger partial charge in [0.1, 0.15) is 0 Å². The van der Waals surface area contributed by atoms with Gasteiger partial charge < -0.3 is 10.3 Å². The predicted molar refractivity (Wildman–Crippen MR) is 88.7 cm³/mol. The molecule has 2 N–H and O–H groups in total. The number of H-pyrrole nitrogens is 1. The highest BCUT2D eigenvalue weighted by atomic mass is 14.9. The Kier molecular flexibility index (Phi) is 3.17. The van der Waals surface area contributed by atoms with Gasteiger partial charge in [0.2, 0.25) is 0 Å². The summed E-state index contributed by atoms with van der Waals surface area (Å²) in [5.74, 6) is 0. The van der Waals surface area contributed by atoms with Crippen molar-refractivity contribution in [2.24, 2.45) is 0 Å². The molecule has 0 spiro atoms. The maximum atomic E-state index is 9.15. The number of fused-ring (bicyclic) bond motifs is 3. The highest BCUT2D eigenvalue weighted by molar-refractivity contribution is 5.98. The van der Waals surface area contributed by atoms with Gasteiger partial charge in [0.25, 0.3) is 0 Å². The number of hydrogen-bond acceptors (Lipinski definition) is 2. The average Bonchev–Trinajstić information content (AvgIpc) is 2.76. The minimum absolute atomic E-state index is 0.706. The lowest BCUT2D eigenvalue weighted by Gasteiger charge is -2.07. The van der Waals surface area contributed by atoms with Crippen molar-refractivity contribution >= 4 is 10.9 Å². The summed E-state index contributed by atoms with van der Waals surface area (Å²) in [6, 6.07) is 16.5. The number of benzene rings is 2. The summed E-state index contributed by atoms with van der Waals surface area (Å²) in [5, 5.41) is 13.9.